The van der Waals surface area contributed by atoms with Gasteiger partial charge in [-0.15, -0.1) is 0 Å². The van der Waals surface area contributed by atoms with E-state index in [-0.39, 0.29) is 0 Å². The summed E-state index contributed by atoms with van der Waals surface area (Å²) in [7, 11) is 0. The maximum atomic E-state index is 11.0. The number of ketones is 1. The quantitative estimate of drug-likeness (QED) is 0.809. The van der Waals surface area contributed by atoms with Gasteiger partial charge in [-0.25, -0.2) is 0 Å². The summed E-state index contributed by atoms with van der Waals surface area (Å²) >= 11 is 0. The van der Waals surface area contributed by atoms with Crippen LogP contribution in [0.3, 0.4) is 0 Å². The van der Waals surface area contributed by atoms with Crippen molar-refractivity contribution in [1.29, 1.82) is 0 Å². The van der Waals surface area contributed by atoms with Gasteiger partial charge in [0.2, 0.25) is 0 Å². The number of likely N-dealkylation sites (tertiary alicyclic amines) is 1. The average molecular weight is 267 g/mol. The first-order chi connectivity index (χ1) is 9.07. The standard InChI is InChI=1S/C15H25NO3/c1-11(17)2-3-12-13-8-16(9-14(12)13)10-15(18)4-6-19-7-5-15/h12-14,18H,2-10H2,1H3. The van der Waals surface area contributed by atoms with E-state index >= 15 is 0 Å². The number of hydrogen-bond donors (Lipinski definition) is 1. The van der Waals surface area contributed by atoms with Crippen LogP contribution < -0.4 is 0 Å². The van der Waals surface area contributed by atoms with E-state index in [0.717, 1.165) is 63.1 Å². The van der Waals surface area contributed by atoms with Gasteiger partial charge in [-0.1, -0.05) is 0 Å². The number of Topliss-reactive ketones (excluding diaryl/α,β-unsaturated/α-hetero) is 1. The maximum Gasteiger partial charge on any atom is 0.129 e. The van der Waals surface area contributed by atoms with Gasteiger partial charge in [0.25, 0.3) is 0 Å². The fraction of sp³-hybridized carbons (Fsp3) is 0.933. The van der Waals surface area contributed by atoms with Crippen molar-refractivity contribution in [1.82, 2.24) is 4.90 Å². The first-order valence-corrected chi connectivity index (χ1v) is 7.59. The molecule has 0 amide bonds. The minimum absolute atomic E-state index is 0.318. The van der Waals surface area contributed by atoms with E-state index < -0.39 is 5.60 Å². The minimum Gasteiger partial charge on any atom is -0.388 e. The Morgan fingerprint density at radius 3 is 2.53 bits per heavy atom. The Bertz CT molecular complexity index is 339. The Balaban J connectivity index is 1.42. The van der Waals surface area contributed by atoms with E-state index in [4.69, 9.17) is 4.74 Å². The number of carbonyl (C=O) groups is 1. The summed E-state index contributed by atoms with van der Waals surface area (Å²) in [6, 6.07) is 0. The van der Waals surface area contributed by atoms with Crippen molar-refractivity contribution >= 4 is 5.78 Å². The largest absolute Gasteiger partial charge is 0.388 e. The second-order valence-electron chi connectivity index (χ2n) is 6.76. The van der Waals surface area contributed by atoms with Crippen LogP contribution in [0.2, 0.25) is 0 Å². The van der Waals surface area contributed by atoms with Crippen LogP contribution in [0.5, 0.6) is 0 Å². The molecule has 0 aromatic rings. The second-order valence-corrected chi connectivity index (χ2v) is 6.76. The molecule has 2 heterocycles. The third-order valence-electron chi connectivity index (χ3n) is 5.22. The molecular weight excluding hydrogens is 242 g/mol. The van der Waals surface area contributed by atoms with Gasteiger partial charge in [0.05, 0.1) is 5.60 Å². The molecule has 2 atom stereocenters. The molecule has 2 unspecified atom stereocenters. The van der Waals surface area contributed by atoms with E-state index in [1.54, 1.807) is 6.92 Å². The number of carbonyl (C=O) groups excluding carboxylic acids is 1. The van der Waals surface area contributed by atoms with Gasteiger partial charge in [-0.05, 0) is 31.1 Å². The lowest BCUT2D eigenvalue weighted by Gasteiger charge is -2.36. The molecule has 0 aromatic carbocycles. The highest BCUT2D eigenvalue weighted by atomic mass is 16.5. The van der Waals surface area contributed by atoms with Crippen LogP contribution >= 0.6 is 0 Å². The van der Waals surface area contributed by atoms with Crippen molar-refractivity contribution in [3.05, 3.63) is 0 Å². The molecule has 108 valence electrons. The summed E-state index contributed by atoms with van der Waals surface area (Å²) in [5.41, 5.74) is -0.524. The summed E-state index contributed by atoms with van der Waals surface area (Å²) in [5.74, 6) is 2.69. The molecule has 0 aromatic heterocycles. The van der Waals surface area contributed by atoms with Crippen molar-refractivity contribution in [3.63, 3.8) is 0 Å². The van der Waals surface area contributed by atoms with E-state index in [0.29, 0.717) is 19.0 Å². The third kappa shape index (κ3) is 3.01. The third-order valence-corrected chi connectivity index (χ3v) is 5.22. The summed E-state index contributed by atoms with van der Waals surface area (Å²) in [5, 5.41) is 10.5. The highest BCUT2D eigenvalue weighted by Gasteiger charge is 2.55. The van der Waals surface area contributed by atoms with Gasteiger partial charge < -0.3 is 14.6 Å². The fourth-order valence-corrected chi connectivity index (χ4v) is 3.99. The van der Waals surface area contributed by atoms with Crippen LogP contribution in [0.1, 0.15) is 32.6 Å². The molecule has 2 aliphatic heterocycles. The zero-order chi connectivity index (χ0) is 13.5. The van der Waals surface area contributed by atoms with Crippen LogP contribution in [-0.2, 0) is 9.53 Å². The summed E-state index contributed by atoms with van der Waals surface area (Å²) in [6.07, 6.45) is 3.37. The summed E-state index contributed by atoms with van der Waals surface area (Å²) < 4.78 is 5.32. The lowest BCUT2D eigenvalue weighted by atomic mass is 9.93. The molecule has 0 radical (unpaired) electrons. The highest BCUT2D eigenvalue weighted by Crippen LogP contribution is 2.54. The summed E-state index contributed by atoms with van der Waals surface area (Å²) in [4.78, 5) is 13.4. The predicted octanol–water partition coefficient (Wildman–Crippen LogP) is 1.07. The fourth-order valence-electron chi connectivity index (χ4n) is 3.99. The van der Waals surface area contributed by atoms with Gasteiger partial charge in [0, 0.05) is 52.1 Å². The van der Waals surface area contributed by atoms with E-state index in [1.165, 1.54) is 0 Å². The minimum atomic E-state index is -0.524. The van der Waals surface area contributed by atoms with E-state index in [9.17, 15) is 9.90 Å². The van der Waals surface area contributed by atoms with Gasteiger partial charge in [-0.3, -0.25) is 4.90 Å². The lowest BCUT2D eigenvalue weighted by Crippen LogP contribution is -2.46. The number of rotatable bonds is 5. The molecule has 2 saturated heterocycles. The number of nitrogens with zero attached hydrogens (tertiary/aromatic N) is 1. The molecule has 3 aliphatic rings. The monoisotopic (exact) mass is 267 g/mol. The molecule has 1 aliphatic carbocycles. The van der Waals surface area contributed by atoms with Gasteiger partial charge in [0.15, 0.2) is 0 Å². The number of aliphatic hydroxyl groups is 1. The number of β-amino-alcohol motifs (C(OH)–C–C–N with tert-alkyl or cyclic N) is 1. The Labute approximate surface area is 115 Å². The van der Waals surface area contributed by atoms with Gasteiger partial charge >= 0.3 is 0 Å². The van der Waals surface area contributed by atoms with Crippen LogP contribution in [0.15, 0.2) is 0 Å². The molecule has 0 bridgehead atoms. The molecule has 4 heteroatoms. The molecule has 1 N–H and O–H groups in total. The van der Waals surface area contributed by atoms with Crippen LogP contribution in [-0.4, -0.2) is 54.2 Å². The van der Waals surface area contributed by atoms with Crippen LogP contribution in [0, 0.1) is 17.8 Å². The highest BCUT2D eigenvalue weighted by molar-refractivity contribution is 5.75. The Morgan fingerprint density at radius 1 is 1.32 bits per heavy atom. The predicted molar refractivity (Wildman–Crippen MR) is 71.8 cm³/mol. The molecule has 1 saturated carbocycles. The van der Waals surface area contributed by atoms with Crippen molar-refractivity contribution in [2.75, 3.05) is 32.8 Å². The number of hydrogen-bond acceptors (Lipinski definition) is 4. The Morgan fingerprint density at radius 2 is 1.95 bits per heavy atom. The molecule has 4 nitrogen and oxygen atoms in total. The molecule has 3 rings (SSSR count). The topological polar surface area (TPSA) is 49.8 Å². The van der Waals surface area contributed by atoms with Crippen molar-refractivity contribution in [2.24, 2.45) is 17.8 Å². The lowest BCUT2D eigenvalue weighted by molar-refractivity contribution is -0.117. The maximum absolute atomic E-state index is 11.0. The Kier molecular flexibility index (Phi) is 3.67. The first kappa shape index (κ1) is 13.5. The zero-order valence-corrected chi connectivity index (χ0v) is 11.8. The average Bonchev–Trinajstić information content (AvgIpc) is 2.80. The SMILES string of the molecule is CC(=O)CCC1C2CN(CC3(O)CCOCC3)CC12. The molecule has 0 spiro atoms. The second kappa shape index (κ2) is 5.15. The first-order valence-electron chi connectivity index (χ1n) is 7.59. The van der Waals surface area contributed by atoms with Crippen molar-refractivity contribution in [3.8, 4) is 0 Å². The normalized spacial score (nSPS) is 37.1. The number of piperidine rings is 1. The number of fused-ring (bicyclic) bond motifs is 1. The van der Waals surface area contributed by atoms with Crippen LogP contribution in [0.4, 0.5) is 0 Å². The van der Waals surface area contributed by atoms with Crippen molar-refractivity contribution < 1.29 is 14.6 Å². The molecule has 19 heavy (non-hydrogen) atoms. The van der Waals surface area contributed by atoms with Gasteiger partial charge in [0.1, 0.15) is 5.78 Å². The van der Waals surface area contributed by atoms with E-state index in [2.05, 4.69) is 4.90 Å². The van der Waals surface area contributed by atoms with Crippen LogP contribution in [0.25, 0.3) is 0 Å². The van der Waals surface area contributed by atoms with Crippen molar-refractivity contribution in [2.45, 2.75) is 38.2 Å². The van der Waals surface area contributed by atoms with Gasteiger partial charge in [-0.2, -0.15) is 0 Å². The molecular formula is C15H25NO3. The zero-order valence-electron chi connectivity index (χ0n) is 11.8. The smallest absolute Gasteiger partial charge is 0.129 e. The molecule has 3 fully saturated rings. The Hall–Kier alpha value is -0.450. The number of ether oxygens (including phenoxy) is 1. The van der Waals surface area contributed by atoms with E-state index in [1.807, 2.05) is 0 Å². The summed E-state index contributed by atoms with van der Waals surface area (Å²) in [6.45, 7) is 6.12.